The van der Waals surface area contributed by atoms with E-state index in [2.05, 4.69) is 38.3 Å². The Morgan fingerprint density at radius 2 is 1.79 bits per heavy atom. The Kier molecular flexibility index (Phi) is 14.0. The Morgan fingerprint density at radius 3 is 2.33 bits per heavy atom. The van der Waals surface area contributed by atoms with E-state index >= 15 is 0 Å². The molecule has 0 aromatic carbocycles. The van der Waals surface area contributed by atoms with Gasteiger partial charge in [-0.05, 0) is 12.2 Å². The average molecular weight is 363 g/mol. The molecule has 144 valence electrons. The van der Waals surface area contributed by atoms with Crippen molar-refractivity contribution >= 4 is 17.5 Å². The molecule has 0 bridgehead atoms. The molecule has 0 saturated heterocycles. The van der Waals surface area contributed by atoms with Crippen molar-refractivity contribution in [2.45, 2.75) is 72.2 Å². The SMILES string of the molecule is CC(C)NCCOCC(O)CSCC[C@H](NC(C)C)C(=O)C(C)C. The van der Waals surface area contributed by atoms with Crippen LogP contribution in [0.3, 0.4) is 0 Å². The standard InChI is InChI=1S/C18H38N2O3S/c1-13(2)18(22)17(20-15(5)6)7-10-24-12-16(21)11-23-9-8-19-14(3)4/h13-17,19-21H,7-12H2,1-6H3/t16?,17-/m0/s1. The van der Waals surface area contributed by atoms with Crippen LogP contribution in [-0.4, -0.2) is 66.4 Å². The van der Waals surface area contributed by atoms with Crippen molar-refractivity contribution in [1.82, 2.24) is 10.6 Å². The molecule has 0 radical (unpaired) electrons. The Morgan fingerprint density at radius 1 is 1.12 bits per heavy atom. The third-order valence-corrected chi connectivity index (χ3v) is 4.56. The first kappa shape index (κ1) is 23.9. The number of nitrogens with one attached hydrogen (secondary N) is 2. The molecule has 24 heavy (non-hydrogen) atoms. The van der Waals surface area contributed by atoms with E-state index in [9.17, 15) is 9.90 Å². The zero-order valence-corrected chi connectivity index (χ0v) is 17.1. The first-order chi connectivity index (χ1) is 11.2. The minimum Gasteiger partial charge on any atom is -0.390 e. The van der Waals surface area contributed by atoms with Crippen LogP contribution >= 0.6 is 11.8 Å². The molecule has 6 heteroatoms. The van der Waals surface area contributed by atoms with Crippen LogP contribution in [0.4, 0.5) is 0 Å². The van der Waals surface area contributed by atoms with Crippen LogP contribution in [-0.2, 0) is 9.53 Å². The van der Waals surface area contributed by atoms with Crippen molar-refractivity contribution in [3.05, 3.63) is 0 Å². The Bertz CT molecular complexity index is 325. The largest absolute Gasteiger partial charge is 0.390 e. The highest BCUT2D eigenvalue weighted by Crippen LogP contribution is 2.11. The van der Waals surface area contributed by atoms with Crippen LogP contribution in [0.25, 0.3) is 0 Å². The number of aliphatic hydroxyl groups is 1. The molecule has 0 aliphatic carbocycles. The Balaban J connectivity index is 3.84. The van der Waals surface area contributed by atoms with Crippen LogP contribution in [0.1, 0.15) is 48.0 Å². The molecule has 0 aliphatic heterocycles. The maximum Gasteiger partial charge on any atom is 0.152 e. The molecule has 0 amide bonds. The lowest BCUT2D eigenvalue weighted by Gasteiger charge is -2.22. The number of ether oxygens (including phenoxy) is 1. The number of ketones is 1. The fourth-order valence-electron chi connectivity index (χ4n) is 2.22. The number of hydrogen-bond acceptors (Lipinski definition) is 6. The number of hydrogen-bond donors (Lipinski definition) is 3. The van der Waals surface area contributed by atoms with Crippen LogP contribution in [0.15, 0.2) is 0 Å². The van der Waals surface area contributed by atoms with Gasteiger partial charge in [0, 0.05) is 30.3 Å². The molecule has 0 fully saturated rings. The number of rotatable bonds is 15. The monoisotopic (exact) mass is 362 g/mol. The van der Waals surface area contributed by atoms with Crippen molar-refractivity contribution in [1.29, 1.82) is 0 Å². The predicted molar refractivity (Wildman–Crippen MR) is 104 cm³/mol. The topological polar surface area (TPSA) is 70.6 Å². The van der Waals surface area contributed by atoms with Gasteiger partial charge in [0.1, 0.15) is 0 Å². The third-order valence-electron chi connectivity index (χ3n) is 3.42. The van der Waals surface area contributed by atoms with Gasteiger partial charge in [0.25, 0.3) is 0 Å². The summed E-state index contributed by atoms with van der Waals surface area (Å²) in [7, 11) is 0. The summed E-state index contributed by atoms with van der Waals surface area (Å²) in [6.45, 7) is 14.0. The lowest BCUT2D eigenvalue weighted by atomic mass is 9.99. The summed E-state index contributed by atoms with van der Waals surface area (Å²) in [4.78, 5) is 12.2. The molecule has 0 aliphatic rings. The highest BCUT2D eigenvalue weighted by Gasteiger charge is 2.21. The highest BCUT2D eigenvalue weighted by atomic mass is 32.2. The molecule has 2 atom stereocenters. The Hall–Kier alpha value is -0.140. The number of Topliss-reactive ketones (excluding diaryl/α,β-unsaturated/α-hetero) is 1. The summed E-state index contributed by atoms with van der Waals surface area (Å²) in [5.74, 6) is 1.81. The van der Waals surface area contributed by atoms with Crippen molar-refractivity contribution in [3.63, 3.8) is 0 Å². The second kappa shape index (κ2) is 14.1. The molecule has 0 saturated carbocycles. The average Bonchev–Trinajstić information content (AvgIpc) is 2.48. The molecule has 0 rings (SSSR count). The Labute approximate surface area is 152 Å². The van der Waals surface area contributed by atoms with Gasteiger partial charge in [-0.25, -0.2) is 0 Å². The maximum absolute atomic E-state index is 12.2. The van der Waals surface area contributed by atoms with Gasteiger partial charge in [-0.3, -0.25) is 4.79 Å². The number of thioether (sulfide) groups is 1. The molecule has 5 nitrogen and oxygen atoms in total. The van der Waals surface area contributed by atoms with Gasteiger partial charge in [-0.1, -0.05) is 41.5 Å². The first-order valence-electron chi connectivity index (χ1n) is 9.10. The minimum absolute atomic E-state index is 0.0460. The maximum atomic E-state index is 12.2. The molecule has 1 unspecified atom stereocenters. The van der Waals surface area contributed by atoms with Gasteiger partial charge >= 0.3 is 0 Å². The van der Waals surface area contributed by atoms with Gasteiger partial charge in [-0.15, -0.1) is 0 Å². The smallest absolute Gasteiger partial charge is 0.152 e. The van der Waals surface area contributed by atoms with Gasteiger partial charge in [0.05, 0.1) is 25.4 Å². The van der Waals surface area contributed by atoms with Crippen LogP contribution in [0.5, 0.6) is 0 Å². The molecular formula is C18H38N2O3S. The van der Waals surface area contributed by atoms with Crippen LogP contribution < -0.4 is 10.6 Å². The summed E-state index contributed by atoms with van der Waals surface area (Å²) < 4.78 is 5.45. The van der Waals surface area contributed by atoms with Gasteiger partial charge in [-0.2, -0.15) is 11.8 Å². The number of carbonyl (C=O) groups excluding carboxylic acids is 1. The third kappa shape index (κ3) is 13.2. The summed E-state index contributed by atoms with van der Waals surface area (Å²) in [6, 6.07) is 0.657. The molecule has 3 N–H and O–H groups in total. The fraction of sp³-hybridized carbons (Fsp3) is 0.944. The predicted octanol–water partition coefficient (Wildman–Crippen LogP) is 2.08. The zero-order chi connectivity index (χ0) is 18.5. The summed E-state index contributed by atoms with van der Waals surface area (Å²) in [6.07, 6.45) is 0.345. The molecular weight excluding hydrogens is 324 g/mol. The molecule has 0 heterocycles. The molecule has 0 spiro atoms. The minimum atomic E-state index is -0.452. The highest BCUT2D eigenvalue weighted by molar-refractivity contribution is 7.99. The van der Waals surface area contributed by atoms with Crippen molar-refractivity contribution in [3.8, 4) is 0 Å². The normalized spacial score (nSPS) is 14.6. The van der Waals surface area contributed by atoms with Crippen molar-refractivity contribution in [2.24, 2.45) is 5.92 Å². The zero-order valence-electron chi connectivity index (χ0n) is 16.3. The van der Waals surface area contributed by atoms with E-state index in [1.807, 2.05) is 13.8 Å². The summed E-state index contributed by atoms with van der Waals surface area (Å²) in [5.41, 5.74) is 0. The lowest BCUT2D eigenvalue weighted by molar-refractivity contribution is -0.124. The van der Waals surface area contributed by atoms with E-state index in [-0.39, 0.29) is 17.7 Å². The van der Waals surface area contributed by atoms with Gasteiger partial charge in [0.15, 0.2) is 5.78 Å². The van der Waals surface area contributed by atoms with E-state index in [1.54, 1.807) is 11.8 Å². The summed E-state index contributed by atoms with van der Waals surface area (Å²) in [5, 5.41) is 16.5. The second-order valence-corrected chi connectivity index (χ2v) is 8.28. The van der Waals surface area contributed by atoms with E-state index in [0.717, 1.165) is 18.7 Å². The van der Waals surface area contributed by atoms with E-state index in [4.69, 9.17) is 4.74 Å². The summed E-state index contributed by atoms with van der Waals surface area (Å²) >= 11 is 1.68. The first-order valence-corrected chi connectivity index (χ1v) is 10.3. The molecule has 0 aromatic rings. The van der Waals surface area contributed by atoms with E-state index in [1.165, 1.54) is 0 Å². The molecule has 0 aromatic heterocycles. The van der Waals surface area contributed by atoms with Crippen molar-refractivity contribution < 1.29 is 14.6 Å². The number of aliphatic hydroxyl groups excluding tert-OH is 1. The second-order valence-electron chi connectivity index (χ2n) is 7.13. The van der Waals surface area contributed by atoms with E-state index < -0.39 is 6.10 Å². The van der Waals surface area contributed by atoms with Gasteiger partial charge < -0.3 is 20.5 Å². The lowest BCUT2D eigenvalue weighted by Crippen LogP contribution is -2.43. The van der Waals surface area contributed by atoms with Gasteiger partial charge in [0.2, 0.25) is 0 Å². The fourth-order valence-corrected chi connectivity index (χ4v) is 3.16. The quantitative estimate of drug-likeness (QED) is 0.388. The van der Waals surface area contributed by atoms with Crippen LogP contribution in [0, 0.1) is 5.92 Å². The van der Waals surface area contributed by atoms with Crippen LogP contribution in [0.2, 0.25) is 0 Å². The number of carbonyl (C=O) groups is 1. The van der Waals surface area contributed by atoms with E-state index in [0.29, 0.717) is 31.1 Å². The van der Waals surface area contributed by atoms with Crippen molar-refractivity contribution in [2.75, 3.05) is 31.3 Å².